The predicted molar refractivity (Wildman–Crippen MR) is 107 cm³/mol. The predicted octanol–water partition coefficient (Wildman–Crippen LogP) is 5.57. The molecule has 0 saturated carbocycles. The van der Waals surface area contributed by atoms with E-state index in [0.717, 1.165) is 24.0 Å². The van der Waals surface area contributed by atoms with Gasteiger partial charge in [-0.2, -0.15) is 0 Å². The van der Waals surface area contributed by atoms with Crippen LogP contribution in [0, 0.1) is 6.92 Å². The number of hydrogen-bond donors (Lipinski definition) is 1. The first-order valence-corrected chi connectivity index (χ1v) is 9.33. The molecule has 0 unspecified atom stereocenters. The summed E-state index contributed by atoms with van der Waals surface area (Å²) in [5.74, 6) is 1.72. The van der Waals surface area contributed by atoms with Crippen LogP contribution in [0.1, 0.15) is 42.8 Å². The Kier molecular flexibility index (Phi) is 6.01. The summed E-state index contributed by atoms with van der Waals surface area (Å²) in [5.41, 5.74) is 1.81. The molecular weight excluding hydrogens is 342 g/mol. The summed E-state index contributed by atoms with van der Waals surface area (Å²) in [5, 5.41) is 3.68. The second-order valence-electron chi connectivity index (χ2n) is 6.28. The topological polar surface area (TPSA) is 60.7 Å². The molecule has 0 aliphatic carbocycles. The number of nitrogens with one attached hydrogen (secondary N) is 1. The van der Waals surface area contributed by atoms with Gasteiger partial charge in [-0.1, -0.05) is 25.5 Å². The van der Waals surface area contributed by atoms with Crippen LogP contribution in [0.15, 0.2) is 46.9 Å². The van der Waals surface area contributed by atoms with Gasteiger partial charge < -0.3 is 19.2 Å². The van der Waals surface area contributed by atoms with E-state index in [2.05, 4.69) is 12.2 Å². The molecule has 5 nitrogen and oxygen atoms in total. The average Bonchev–Trinajstić information content (AvgIpc) is 2.99. The van der Waals surface area contributed by atoms with Crippen molar-refractivity contribution in [1.82, 2.24) is 0 Å². The molecule has 1 heterocycles. The van der Waals surface area contributed by atoms with Gasteiger partial charge in [0.05, 0.1) is 24.5 Å². The van der Waals surface area contributed by atoms with Gasteiger partial charge in [-0.25, -0.2) is 0 Å². The molecule has 0 radical (unpaired) electrons. The van der Waals surface area contributed by atoms with Crippen LogP contribution in [-0.2, 0) is 0 Å². The number of hydrogen-bond acceptors (Lipinski definition) is 4. The molecule has 0 fully saturated rings. The molecule has 1 amide bonds. The molecule has 27 heavy (non-hydrogen) atoms. The fourth-order valence-electron chi connectivity index (χ4n) is 2.94. The SMILES string of the molecule is CCCCOc1ccc2oc(C)c(C(=O)Nc3ccccc3OCC)c2c1. The van der Waals surface area contributed by atoms with E-state index < -0.39 is 0 Å². The van der Waals surface area contributed by atoms with Crippen LogP contribution in [-0.4, -0.2) is 19.1 Å². The summed E-state index contributed by atoms with van der Waals surface area (Å²) in [7, 11) is 0. The summed E-state index contributed by atoms with van der Waals surface area (Å²) >= 11 is 0. The lowest BCUT2D eigenvalue weighted by molar-refractivity contribution is 0.102. The Bertz CT molecular complexity index is 929. The Labute approximate surface area is 159 Å². The Morgan fingerprint density at radius 2 is 1.93 bits per heavy atom. The first kappa shape index (κ1) is 18.8. The van der Waals surface area contributed by atoms with E-state index in [-0.39, 0.29) is 5.91 Å². The number of para-hydroxylation sites is 2. The summed E-state index contributed by atoms with van der Waals surface area (Å²) in [6, 6.07) is 13.0. The summed E-state index contributed by atoms with van der Waals surface area (Å²) in [6.45, 7) is 7.00. The Morgan fingerprint density at radius 3 is 2.70 bits per heavy atom. The largest absolute Gasteiger partial charge is 0.494 e. The Balaban J connectivity index is 1.89. The van der Waals surface area contributed by atoms with Crippen LogP contribution in [0.4, 0.5) is 5.69 Å². The van der Waals surface area contributed by atoms with Crippen molar-refractivity contribution < 1.29 is 18.7 Å². The van der Waals surface area contributed by atoms with Crippen molar-refractivity contribution in [2.24, 2.45) is 0 Å². The van der Waals surface area contributed by atoms with Gasteiger partial charge in [0, 0.05) is 5.39 Å². The van der Waals surface area contributed by atoms with Crippen molar-refractivity contribution in [3.8, 4) is 11.5 Å². The zero-order valence-electron chi connectivity index (χ0n) is 16.0. The fraction of sp³-hybridized carbons (Fsp3) is 0.318. The monoisotopic (exact) mass is 367 g/mol. The number of anilines is 1. The van der Waals surface area contributed by atoms with E-state index in [1.54, 1.807) is 6.92 Å². The third kappa shape index (κ3) is 4.25. The van der Waals surface area contributed by atoms with E-state index in [4.69, 9.17) is 13.9 Å². The zero-order valence-corrected chi connectivity index (χ0v) is 16.0. The number of rotatable bonds is 8. The van der Waals surface area contributed by atoms with E-state index in [1.807, 2.05) is 49.4 Å². The molecule has 3 aromatic rings. The molecule has 142 valence electrons. The molecule has 0 atom stereocenters. The molecule has 0 saturated heterocycles. The highest BCUT2D eigenvalue weighted by Crippen LogP contribution is 2.31. The number of furan rings is 1. The number of aryl methyl sites for hydroxylation is 1. The normalized spacial score (nSPS) is 10.8. The maximum absolute atomic E-state index is 13.0. The van der Waals surface area contributed by atoms with Crippen LogP contribution in [0.2, 0.25) is 0 Å². The molecule has 5 heteroatoms. The van der Waals surface area contributed by atoms with E-state index in [1.165, 1.54) is 0 Å². The van der Waals surface area contributed by atoms with Gasteiger partial charge in [0.1, 0.15) is 22.8 Å². The number of carbonyl (C=O) groups is 1. The van der Waals surface area contributed by atoms with Crippen molar-refractivity contribution in [3.63, 3.8) is 0 Å². The first-order chi connectivity index (χ1) is 13.1. The Morgan fingerprint density at radius 1 is 1.11 bits per heavy atom. The lowest BCUT2D eigenvalue weighted by Crippen LogP contribution is -2.13. The van der Waals surface area contributed by atoms with E-state index >= 15 is 0 Å². The van der Waals surface area contributed by atoms with Crippen molar-refractivity contribution in [2.75, 3.05) is 18.5 Å². The van der Waals surface area contributed by atoms with Crippen LogP contribution < -0.4 is 14.8 Å². The number of ether oxygens (including phenoxy) is 2. The van der Waals surface area contributed by atoms with Gasteiger partial charge in [-0.3, -0.25) is 4.79 Å². The molecule has 1 N–H and O–H groups in total. The molecule has 0 spiro atoms. The minimum atomic E-state index is -0.232. The number of unbranched alkanes of at least 4 members (excludes halogenated alkanes) is 1. The minimum Gasteiger partial charge on any atom is -0.494 e. The highest BCUT2D eigenvalue weighted by molar-refractivity contribution is 6.13. The molecule has 2 aromatic carbocycles. The molecule has 0 bridgehead atoms. The second-order valence-corrected chi connectivity index (χ2v) is 6.28. The van der Waals surface area contributed by atoms with Crippen LogP contribution in [0.5, 0.6) is 11.5 Å². The van der Waals surface area contributed by atoms with E-state index in [0.29, 0.717) is 41.6 Å². The summed E-state index contributed by atoms with van der Waals surface area (Å²) in [4.78, 5) is 13.0. The van der Waals surface area contributed by atoms with Gasteiger partial charge in [-0.15, -0.1) is 0 Å². The quantitative estimate of drug-likeness (QED) is 0.529. The maximum atomic E-state index is 13.0. The van der Waals surface area contributed by atoms with Gasteiger partial charge in [0.15, 0.2) is 0 Å². The molecular formula is C22H25NO4. The second kappa shape index (κ2) is 8.62. The summed E-state index contributed by atoms with van der Waals surface area (Å²) in [6.07, 6.45) is 2.06. The van der Waals surface area contributed by atoms with Crippen molar-refractivity contribution in [3.05, 3.63) is 53.8 Å². The minimum absolute atomic E-state index is 0.232. The number of fused-ring (bicyclic) bond motifs is 1. The maximum Gasteiger partial charge on any atom is 0.259 e. The highest BCUT2D eigenvalue weighted by atomic mass is 16.5. The fourth-order valence-corrected chi connectivity index (χ4v) is 2.94. The lowest BCUT2D eigenvalue weighted by atomic mass is 10.1. The third-order valence-corrected chi connectivity index (χ3v) is 4.26. The van der Waals surface area contributed by atoms with Crippen LogP contribution in [0.25, 0.3) is 11.0 Å². The smallest absolute Gasteiger partial charge is 0.259 e. The van der Waals surface area contributed by atoms with Crippen molar-refractivity contribution in [1.29, 1.82) is 0 Å². The molecule has 0 aliphatic rings. The van der Waals surface area contributed by atoms with Gasteiger partial charge in [0.25, 0.3) is 5.91 Å². The molecule has 1 aromatic heterocycles. The van der Waals surface area contributed by atoms with E-state index in [9.17, 15) is 4.79 Å². The van der Waals surface area contributed by atoms with Crippen molar-refractivity contribution >= 4 is 22.6 Å². The molecule has 0 aliphatic heterocycles. The Hall–Kier alpha value is -2.95. The van der Waals surface area contributed by atoms with Crippen LogP contribution >= 0.6 is 0 Å². The first-order valence-electron chi connectivity index (χ1n) is 9.33. The zero-order chi connectivity index (χ0) is 19.2. The standard InChI is InChI=1S/C22H25NO4/c1-4-6-13-26-16-11-12-19-17(14-16)21(15(3)27-19)22(24)23-18-9-7-8-10-20(18)25-5-2/h7-12,14H,4-6,13H2,1-3H3,(H,23,24). The summed E-state index contributed by atoms with van der Waals surface area (Å²) < 4.78 is 17.1. The van der Waals surface area contributed by atoms with Crippen molar-refractivity contribution in [2.45, 2.75) is 33.6 Å². The lowest BCUT2D eigenvalue weighted by Gasteiger charge is -2.11. The number of benzene rings is 2. The average molecular weight is 367 g/mol. The number of amides is 1. The van der Waals surface area contributed by atoms with Gasteiger partial charge in [-0.05, 0) is 50.6 Å². The van der Waals surface area contributed by atoms with Gasteiger partial charge >= 0.3 is 0 Å². The van der Waals surface area contributed by atoms with Crippen LogP contribution in [0.3, 0.4) is 0 Å². The van der Waals surface area contributed by atoms with Gasteiger partial charge in [0.2, 0.25) is 0 Å². The molecule has 3 rings (SSSR count). The highest BCUT2D eigenvalue weighted by Gasteiger charge is 2.20. The third-order valence-electron chi connectivity index (χ3n) is 4.26. The number of carbonyl (C=O) groups excluding carboxylic acids is 1.